The Morgan fingerprint density at radius 3 is 2.53 bits per heavy atom. The highest BCUT2D eigenvalue weighted by atomic mass is 32.2. The number of anilines is 1. The third-order valence-electron chi connectivity index (χ3n) is 7.65. The number of aromatic nitrogens is 1. The molecule has 1 aromatic heterocycles. The maximum Gasteiger partial charge on any atom is 0.247 e. The SMILES string of the molecule is CC(C)(C(=O)Nc1cc(C2(COC3CCCCO3)CCCCC2)no1)S(=O)(=O)C1CCOCC1. The van der Waals surface area contributed by atoms with Crippen LogP contribution in [0.3, 0.4) is 0 Å². The number of nitrogens with zero attached hydrogens (tertiary/aromatic N) is 1. The van der Waals surface area contributed by atoms with Crippen molar-refractivity contribution < 1.29 is 31.9 Å². The Morgan fingerprint density at radius 2 is 1.85 bits per heavy atom. The van der Waals surface area contributed by atoms with Gasteiger partial charge in [0.1, 0.15) is 4.75 Å². The topological polar surface area (TPSA) is 117 Å². The molecule has 1 unspecified atom stereocenters. The minimum Gasteiger partial charge on any atom is -0.381 e. The number of sulfone groups is 1. The molecule has 0 aromatic carbocycles. The molecule has 1 amide bonds. The van der Waals surface area contributed by atoms with Crippen molar-refractivity contribution in [3.05, 3.63) is 11.8 Å². The van der Waals surface area contributed by atoms with Crippen molar-refractivity contribution in [3.8, 4) is 0 Å². The van der Waals surface area contributed by atoms with Crippen molar-refractivity contribution in [2.75, 3.05) is 31.7 Å². The van der Waals surface area contributed by atoms with E-state index >= 15 is 0 Å². The lowest BCUT2D eigenvalue weighted by Gasteiger charge is -2.36. The van der Waals surface area contributed by atoms with Crippen molar-refractivity contribution in [2.24, 2.45) is 0 Å². The molecule has 3 heterocycles. The number of carbonyl (C=O) groups excluding carboxylic acids is 1. The van der Waals surface area contributed by atoms with E-state index in [1.54, 1.807) is 6.07 Å². The highest BCUT2D eigenvalue weighted by Crippen LogP contribution is 2.41. The summed E-state index contributed by atoms with van der Waals surface area (Å²) < 4.78 is 47.4. The van der Waals surface area contributed by atoms with E-state index in [1.807, 2.05) is 0 Å². The van der Waals surface area contributed by atoms with Gasteiger partial charge in [-0.25, -0.2) is 8.42 Å². The molecule has 1 aliphatic carbocycles. The van der Waals surface area contributed by atoms with Crippen LogP contribution in [-0.2, 0) is 34.3 Å². The summed E-state index contributed by atoms with van der Waals surface area (Å²) in [6, 6.07) is 1.73. The van der Waals surface area contributed by atoms with Crippen LogP contribution in [0.5, 0.6) is 0 Å². The van der Waals surface area contributed by atoms with Crippen LogP contribution in [0.2, 0.25) is 0 Å². The van der Waals surface area contributed by atoms with E-state index in [0.29, 0.717) is 32.7 Å². The van der Waals surface area contributed by atoms with Crippen LogP contribution < -0.4 is 5.32 Å². The van der Waals surface area contributed by atoms with Crippen molar-refractivity contribution in [1.82, 2.24) is 5.16 Å². The largest absolute Gasteiger partial charge is 0.381 e. The molecule has 3 fully saturated rings. The second-order valence-corrected chi connectivity index (χ2v) is 13.1. The third-order valence-corrected chi connectivity index (χ3v) is 10.6. The summed E-state index contributed by atoms with van der Waals surface area (Å²) in [4.78, 5) is 13.1. The molecule has 0 radical (unpaired) electrons. The predicted molar refractivity (Wildman–Crippen MR) is 126 cm³/mol. The molecule has 9 nitrogen and oxygen atoms in total. The van der Waals surface area contributed by atoms with Crippen molar-refractivity contribution in [2.45, 2.75) is 99.8 Å². The molecule has 34 heavy (non-hydrogen) atoms. The van der Waals surface area contributed by atoms with Crippen LogP contribution in [0, 0.1) is 0 Å². The number of hydrogen-bond donors (Lipinski definition) is 1. The lowest BCUT2D eigenvalue weighted by molar-refractivity contribution is -0.174. The Balaban J connectivity index is 1.45. The van der Waals surface area contributed by atoms with Crippen LogP contribution in [0.1, 0.15) is 83.7 Å². The van der Waals surface area contributed by atoms with Gasteiger partial charge in [0.25, 0.3) is 0 Å². The zero-order valence-electron chi connectivity index (χ0n) is 20.3. The van der Waals surface area contributed by atoms with Gasteiger partial charge in [-0.3, -0.25) is 10.1 Å². The van der Waals surface area contributed by atoms with Gasteiger partial charge in [-0.15, -0.1) is 0 Å². The highest BCUT2D eigenvalue weighted by Gasteiger charge is 2.47. The predicted octanol–water partition coefficient (Wildman–Crippen LogP) is 3.73. The molecule has 0 spiro atoms. The standard InChI is InChI=1S/C24H38N2O7S/c1-23(2,34(28,29)18-9-14-30-15-10-18)22(27)25-20-16-19(26-33-20)24(11-5-3-6-12-24)17-32-21-8-4-7-13-31-21/h16,18,21H,3-15,17H2,1-2H3,(H,25,27). The first-order chi connectivity index (χ1) is 16.2. The van der Waals surface area contributed by atoms with Crippen LogP contribution in [0.15, 0.2) is 10.6 Å². The molecule has 192 valence electrons. The highest BCUT2D eigenvalue weighted by molar-refractivity contribution is 7.94. The Bertz CT molecular complexity index is 925. The van der Waals surface area contributed by atoms with E-state index in [1.165, 1.54) is 20.3 Å². The molecule has 1 atom stereocenters. The molecule has 1 N–H and O–H groups in total. The van der Waals surface area contributed by atoms with Gasteiger partial charge >= 0.3 is 0 Å². The fourth-order valence-corrected chi connectivity index (χ4v) is 7.13. The van der Waals surface area contributed by atoms with E-state index in [-0.39, 0.29) is 17.6 Å². The zero-order chi connectivity index (χ0) is 24.2. The molecule has 1 aromatic rings. The summed E-state index contributed by atoms with van der Waals surface area (Å²) in [5, 5.41) is 6.37. The Morgan fingerprint density at radius 1 is 1.12 bits per heavy atom. The zero-order valence-corrected chi connectivity index (χ0v) is 21.2. The van der Waals surface area contributed by atoms with Crippen molar-refractivity contribution in [3.63, 3.8) is 0 Å². The summed E-state index contributed by atoms with van der Waals surface area (Å²) in [5.41, 5.74) is 0.443. The molecule has 1 saturated carbocycles. The van der Waals surface area contributed by atoms with Crippen LogP contribution in [0.25, 0.3) is 0 Å². The molecule has 10 heteroatoms. The van der Waals surface area contributed by atoms with Gasteiger partial charge in [0.2, 0.25) is 11.8 Å². The van der Waals surface area contributed by atoms with Crippen LogP contribution in [-0.4, -0.2) is 62.2 Å². The van der Waals surface area contributed by atoms with Gasteiger partial charge in [0.15, 0.2) is 16.1 Å². The maximum absolute atomic E-state index is 13.2. The average Bonchev–Trinajstić information content (AvgIpc) is 3.33. The molecule has 3 aliphatic rings. The second-order valence-electron chi connectivity index (χ2n) is 10.3. The molecular weight excluding hydrogens is 460 g/mol. The average molecular weight is 499 g/mol. The van der Waals surface area contributed by atoms with Gasteiger partial charge in [0, 0.05) is 31.3 Å². The normalized spacial score (nSPS) is 24.6. The van der Waals surface area contributed by atoms with E-state index in [0.717, 1.165) is 57.2 Å². The van der Waals surface area contributed by atoms with Gasteiger partial charge in [-0.1, -0.05) is 24.4 Å². The number of rotatable bonds is 8. The van der Waals surface area contributed by atoms with E-state index < -0.39 is 25.7 Å². The fourth-order valence-electron chi connectivity index (χ4n) is 5.18. The first-order valence-corrected chi connectivity index (χ1v) is 14.1. The summed E-state index contributed by atoms with van der Waals surface area (Å²) in [7, 11) is -3.72. The lowest BCUT2D eigenvalue weighted by Crippen LogP contribution is -2.50. The second kappa shape index (κ2) is 10.6. The summed E-state index contributed by atoms with van der Waals surface area (Å²) in [6.45, 7) is 4.90. The number of carbonyl (C=O) groups is 1. The number of hydrogen-bond acceptors (Lipinski definition) is 8. The molecular formula is C24H38N2O7S. The van der Waals surface area contributed by atoms with E-state index in [9.17, 15) is 13.2 Å². The minimum atomic E-state index is -3.72. The first-order valence-electron chi connectivity index (χ1n) is 12.6. The summed E-state index contributed by atoms with van der Waals surface area (Å²) >= 11 is 0. The van der Waals surface area contributed by atoms with Crippen LogP contribution in [0.4, 0.5) is 5.88 Å². The van der Waals surface area contributed by atoms with Gasteiger partial charge in [-0.05, 0) is 58.8 Å². The minimum absolute atomic E-state index is 0.161. The van der Waals surface area contributed by atoms with Crippen molar-refractivity contribution in [1.29, 1.82) is 0 Å². The summed E-state index contributed by atoms with van der Waals surface area (Å²) in [6.07, 6.45) is 8.83. The smallest absolute Gasteiger partial charge is 0.247 e. The van der Waals surface area contributed by atoms with Gasteiger partial charge < -0.3 is 18.7 Å². The number of amides is 1. The van der Waals surface area contributed by atoms with Gasteiger partial charge in [-0.2, -0.15) is 0 Å². The lowest BCUT2D eigenvalue weighted by atomic mass is 9.72. The Kier molecular flexibility index (Phi) is 8.01. The number of nitrogens with one attached hydrogen (secondary N) is 1. The Hall–Kier alpha value is -1.49. The monoisotopic (exact) mass is 498 g/mol. The third kappa shape index (κ3) is 5.34. The molecule has 2 aliphatic heterocycles. The van der Waals surface area contributed by atoms with Gasteiger partial charge in [0.05, 0.1) is 17.6 Å². The summed E-state index contributed by atoms with van der Waals surface area (Å²) in [5.74, 6) is -0.458. The van der Waals surface area contributed by atoms with E-state index in [4.69, 9.17) is 18.7 Å². The molecule has 4 rings (SSSR count). The molecule has 2 saturated heterocycles. The fraction of sp³-hybridized carbons (Fsp3) is 0.833. The van der Waals surface area contributed by atoms with E-state index in [2.05, 4.69) is 10.5 Å². The Labute approximate surface area is 202 Å². The quantitative estimate of drug-likeness (QED) is 0.576. The first kappa shape index (κ1) is 25.6. The maximum atomic E-state index is 13.2. The number of ether oxygens (including phenoxy) is 3. The van der Waals surface area contributed by atoms with Crippen LogP contribution >= 0.6 is 0 Å². The molecule has 0 bridgehead atoms. The van der Waals surface area contributed by atoms with Crippen molar-refractivity contribution >= 4 is 21.6 Å².